The molecule has 0 atom stereocenters. The zero-order valence-corrected chi connectivity index (χ0v) is 10.8. The van der Waals surface area contributed by atoms with Gasteiger partial charge in [-0.2, -0.15) is 0 Å². The van der Waals surface area contributed by atoms with Crippen molar-refractivity contribution in [3.05, 3.63) is 23.8 Å². The fourth-order valence-electron chi connectivity index (χ4n) is 2.10. The van der Waals surface area contributed by atoms with Crippen molar-refractivity contribution < 1.29 is 9.47 Å². The molecule has 0 amide bonds. The Morgan fingerprint density at radius 3 is 2.47 bits per heavy atom. The molecule has 1 aromatic rings. The van der Waals surface area contributed by atoms with E-state index in [0.29, 0.717) is 11.1 Å². The molecule has 0 heterocycles. The molecule has 2 N–H and O–H groups in total. The van der Waals surface area contributed by atoms with Gasteiger partial charge in [0, 0.05) is 11.6 Å². The molecule has 2 rings (SSSR count). The Morgan fingerprint density at radius 2 is 1.88 bits per heavy atom. The van der Waals surface area contributed by atoms with Crippen LogP contribution in [0.3, 0.4) is 0 Å². The minimum absolute atomic E-state index is 0.321. The van der Waals surface area contributed by atoms with Crippen LogP contribution >= 0.6 is 12.2 Å². The predicted octanol–water partition coefficient (Wildman–Crippen LogP) is 2.65. The van der Waals surface area contributed by atoms with Crippen molar-refractivity contribution in [2.24, 2.45) is 5.73 Å². The Morgan fingerprint density at radius 1 is 1.24 bits per heavy atom. The molecule has 1 aliphatic carbocycles. The van der Waals surface area contributed by atoms with Crippen molar-refractivity contribution in [1.82, 2.24) is 0 Å². The van der Waals surface area contributed by atoms with Crippen LogP contribution < -0.4 is 15.2 Å². The van der Waals surface area contributed by atoms with E-state index in [-0.39, 0.29) is 0 Å². The van der Waals surface area contributed by atoms with E-state index in [1.165, 1.54) is 12.8 Å². The van der Waals surface area contributed by atoms with Gasteiger partial charge in [0.15, 0.2) is 0 Å². The van der Waals surface area contributed by atoms with E-state index in [9.17, 15) is 0 Å². The summed E-state index contributed by atoms with van der Waals surface area (Å²) >= 11 is 4.98. The van der Waals surface area contributed by atoms with E-state index in [2.05, 4.69) is 0 Å². The first-order valence-electron chi connectivity index (χ1n) is 5.84. The maximum absolute atomic E-state index is 5.91. The Labute approximate surface area is 107 Å². The zero-order valence-electron chi connectivity index (χ0n) is 9.94. The minimum atomic E-state index is 0.321. The number of ether oxygens (including phenoxy) is 2. The predicted molar refractivity (Wildman–Crippen MR) is 71.8 cm³/mol. The third-order valence-electron chi connectivity index (χ3n) is 3.01. The summed E-state index contributed by atoms with van der Waals surface area (Å²) in [4.78, 5) is 0.361. The topological polar surface area (TPSA) is 44.5 Å². The normalized spacial score (nSPS) is 15.8. The second kappa shape index (κ2) is 5.36. The van der Waals surface area contributed by atoms with Crippen molar-refractivity contribution in [2.45, 2.75) is 31.8 Å². The highest BCUT2D eigenvalue weighted by Gasteiger charge is 2.17. The van der Waals surface area contributed by atoms with Crippen molar-refractivity contribution >= 4 is 17.2 Å². The summed E-state index contributed by atoms with van der Waals surface area (Å²) in [6.45, 7) is 0. The van der Waals surface area contributed by atoms with Gasteiger partial charge >= 0.3 is 0 Å². The average molecular weight is 251 g/mol. The third-order valence-corrected chi connectivity index (χ3v) is 3.24. The number of hydrogen-bond acceptors (Lipinski definition) is 3. The molecule has 17 heavy (non-hydrogen) atoms. The van der Waals surface area contributed by atoms with Crippen molar-refractivity contribution in [3.8, 4) is 11.5 Å². The molecule has 0 spiro atoms. The quantitative estimate of drug-likeness (QED) is 0.836. The number of nitrogens with two attached hydrogens (primary N) is 1. The van der Waals surface area contributed by atoms with Crippen molar-refractivity contribution in [2.75, 3.05) is 7.11 Å². The number of thiocarbonyl (C=S) groups is 1. The maximum Gasteiger partial charge on any atom is 0.124 e. The van der Waals surface area contributed by atoms with Crippen LogP contribution in [0.4, 0.5) is 0 Å². The second-order valence-corrected chi connectivity index (χ2v) is 4.73. The van der Waals surface area contributed by atoms with Gasteiger partial charge in [-0.3, -0.25) is 0 Å². The van der Waals surface area contributed by atoms with Crippen LogP contribution in [0, 0.1) is 0 Å². The van der Waals surface area contributed by atoms with Gasteiger partial charge in [-0.1, -0.05) is 12.2 Å². The van der Waals surface area contributed by atoms with E-state index in [0.717, 1.165) is 29.9 Å². The van der Waals surface area contributed by atoms with Gasteiger partial charge in [0.2, 0.25) is 0 Å². The monoisotopic (exact) mass is 251 g/mol. The van der Waals surface area contributed by atoms with Crippen molar-refractivity contribution in [3.63, 3.8) is 0 Å². The highest BCUT2D eigenvalue weighted by atomic mass is 32.1. The minimum Gasteiger partial charge on any atom is -0.497 e. The largest absolute Gasteiger partial charge is 0.497 e. The van der Waals surface area contributed by atoms with Gasteiger partial charge in [-0.15, -0.1) is 0 Å². The lowest BCUT2D eigenvalue weighted by Crippen LogP contribution is -2.13. The number of hydrogen-bond donors (Lipinski definition) is 1. The molecule has 1 aliphatic rings. The Kier molecular flexibility index (Phi) is 3.84. The van der Waals surface area contributed by atoms with Crippen molar-refractivity contribution in [1.29, 1.82) is 0 Å². The number of rotatable bonds is 4. The summed E-state index contributed by atoms with van der Waals surface area (Å²) in [7, 11) is 1.62. The molecule has 0 aliphatic heterocycles. The van der Waals surface area contributed by atoms with Crippen LogP contribution in [0.15, 0.2) is 18.2 Å². The molecule has 1 saturated carbocycles. The van der Waals surface area contributed by atoms with Crippen LogP contribution in [0.2, 0.25) is 0 Å². The van der Waals surface area contributed by atoms with E-state index in [4.69, 9.17) is 27.4 Å². The SMILES string of the molecule is COc1cc(OC2CCCC2)cc(C(N)=S)c1. The van der Waals surface area contributed by atoms with E-state index in [1.807, 2.05) is 18.2 Å². The summed E-state index contributed by atoms with van der Waals surface area (Å²) in [6, 6.07) is 5.58. The maximum atomic E-state index is 5.91. The van der Waals surface area contributed by atoms with Gasteiger partial charge in [0.05, 0.1) is 13.2 Å². The smallest absolute Gasteiger partial charge is 0.124 e. The first-order valence-corrected chi connectivity index (χ1v) is 6.25. The molecular formula is C13H17NO2S. The lowest BCUT2D eigenvalue weighted by Gasteiger charge is -2.15. The molecule has 0 saturated heterocycles. The first kappa shape index (κ1) is 12.2. The van der Waals surface area contributed by atoms with Crippen LogP contribution in [-0.4, -0.2) is 18.2 Å². The van der Waals surface area contributed by atoms with Crippen LogP contribution in [0.1, 0.15) is 31.2 Å². The van der Waals surface area contributed by atoms with Crippen LogP contribution in [0.5, 0.6) is 11.5 Å². The molecule has 3 nitrogen and oxygen atoms in total. The molecule has 1 fully saturated rings. The first-order chi connectivity index (χ1) is 8.19. The summed E-state index contributed by atoms with van der Waals surface area (Å²) < 4.78 is 11.1. The highest BCUT2D eigenvalue weighted by molar-refractivity contribution is 7.80. The molecular weight excluding hydrogens is 234 g/mol. The number of benzene rings is 1. The van der Waals surface area contributed by atoms with E-state index in [1.54, 1.807) is 7.11 Å². The molecule has 0 aromatic heterocycles. The van der Waals surface area contributed by atoms with Gasteiger partial charge in [-0.25, -0.2) is 0 Å². The fourth-order valence-corrected chi connectivity index (χ4v) is 2.22. The number of methoxy groups -OCH3 is 1. The van der Waals surface area contributed by atoms with Crippen LogP contribution in [-0.2, 0) is 0 Å². The van der Waals surface area contributed by atoms with Gasteiger partial charge < -0.3 is 15.2 Å². The van der Waals surface area contributed by atoms with Gasteiger partial charge in [0.1, 0.15) is 16.5 Å². The van der Waals surface area contributed by atoms with Crippen LogP contribution in [0.25, 0.3) is 0 Å². The molecule has 1 aromatic carbocycles. The average Bonchev–Trinajstić information content (AvgIpc) is 2.81. The summed E-state index contributed by atoms with van der Waals surface area (Å²) in [6.07, 6.45) is 5.06. The van der Waals surface area contributed by atoms with E-state index >= 15 is 0 Å². The molecule has 4 heteroatoms. The molecule has 0 unspecified atom stereocenters. The summed E-state index contributed by atoms with van der Waals surface area (Å²) in [5.74, 6) is 1.52. The Bertz CT molecular complexity index is 414. The lowest BCUT2D eigenvalue weighted by atomic mass is 10.2. The Balaban J connectivity index is 2.19. The second-order valence-electron chi connectivity index (χ2n) is 4.29. The standard InChI is InChI=1S/C13H17NO2S/c1-15-11-6-9(13(14)17)7-12(8-11)16-10-4-2-3-5-10/h6-8,10H,2-5H2,1H3,(H2,14,17). The van der Waals surface area contributed by atoms with Gasteiger partial charge in [-0.05, 0) is 37.8 Å². The molecule has 92 valence electrons. The molecule has 0 bridgehead atoms. The highest BCUT2D eigenvalue weighted by Crippen LogP contribution is 2.28. The zero-order chi connectivity index (χ0) is 12.3. The fraction of sp³-hybridized carbons (Fsp3) is 0.462. The van der Waals surface area contributed by atoms with Gasteiger partial charge in [0.25, 0.3) is 0 Å². The third kappa shape index (κ3) is 3.09. The Hall–Kier alpha value is -1.29. The van der Waals surface area contributed by atoms with E-state index < -0.39 is 0 Å². The molecule has 0 radical (unpaired) electrons. The summed E-state index contributed by atoms with van der Waals surface area (Å²) in [5.41, 5.74) is 6.42. The lowest BCUT2D eigenvalue weighted by molar-refractivity contribution is 0.209. The summed E-state index contributed by atoms with van der Waals surface area (Å²) in [5, 5.41) is 0.